The number of aromatic hydroxyl groups is 3. The third-order valence-corrected chi connectivity index (χ3v) is 10.8. The van der Waals surface area contributed by atoms with Gasteiger partial charge in [-0.2, -0.15) is 21.9 Å². The molecule has 4 aromatic carbocycles. The summed E-state index contributed by atoms with van der Waals surface area (Å²) in [6.45, 7) is 6.16. The van der Waals surface area contributed by atoms with E-state index >= 15 is 0 Å². The Morgan fingerprint density at radius 1 is 0.790 bits per heavy atom. The maximum atomic E-state index is 12.6. The number of phenols is 2. The predicted molar refractivity (Wildman–Crippen MR) is 217 cm³/mol. The van der Waals surface area contributed by atoms with Crippen LogP contribution in [0.25, 0.3) is 10.8 Å². The molecule has 1 aromatic heterocycles. The fourth-order valence-electron chi connectivity index (χ4n) is 5.72. The summed E-state index contributed by atoms with van der Waals surface area (Å²) in [5.74, 6) is -3.21. The van der Waals surface area contributed by atoms with Gasteiger partial charge in [0, 0.05) is 30.3 Å². The van der Waals surface area contributed by atoms with Crippen LogP contribution in [0.4, 0.5) is 34.1 Å². The first-order valence-corrected chi connectivity index (χ1v) is 21.1. The van der Waals surface area contributed by atoms with Crippen molar-refractivity contribution in [3.63, 3.8) is 0 Å². The summed E-state index contributed by atoms with van der Waals surface area (Å²) in [5, 5.41) is 68.7. The van der Waals surface area contributed by atoms with Crippen LogP contribution in [-0.2, 0) is 36.2 Å². The molecular weight excluding hydrogens is 885 g/mol. The summed E-state index contributed by atoms with van der Waals surface area (Å²) in [6.07, 6.45) is 0. The molecule has 5 aromatic rings. The number of pyridine rings is 1. The van der Waals surface area contributed by atoms with Crippen molar-refractivity contribution in [1.82, 2.24) is 4.57 Å². The third-order valence-electron chi connectivity index (χ3n) is 8.42. The monoisotopic (exact) mass is 918 g/mol. The molecule has 0 spiro atoms. The molecule has 0 aliphatic carbocycles. The Labute approximate surface area is 354 Å². The molecule has 0 unspecified atom stereocenters. The highest BCUT2D eigenvalue weighted by molar-refractivity contribution is 7.94. The number of nitrogens with zero attached hydrogens (tertiary/aromatic N) is 7. The molecule has 0 saturated carbocycles. The van der Waals surface area contributed by atoms with Crippen LogP contribution in [-0.4, -0.2) is 70.2 Å². The average Bonchev–Trinajstić information content (AvgIpc) is 3.19. The molecule has 62 heavy (non-hydrogen) atoms. The second kappa shape index (κ2) is 19.0. The second-order valence-electron chi connectivity index (χ2n) is 12.3. The lowest BCUT2D eigenvalue weighted by atomic mass is 10.1. The topological polar surface area (TPSA) is 366 Å². The van der Waals surface area contributed by atoms with Crippen molar-refractivity contribution in [1.29, 1.82) is 0 Å². The number of aromatic nitrogens is 1. The third kappa shape index (κ3) is 9.95. The minimum absolute atomic E-state index is 0.00285. The maximum Gasteiger partial charge on any atom is 0.296 e. The number of carbonyl (C=O) groups is 1. The number of phenolic OH excluding ortho intramolecular Hbond substituents is 2. The van der Waals surface area contributed by atoms with E-state index in [4.69, 9.17) is 20.5 Å². The predicted octanol–water partition coefficient (Wildman–Crippen LogP) is 7.51. The molecule has 0 atom stereocenters. The molecule has 328 valence electrons. The van der Waals surface area contributed by atoms with Gasteiger partial charge in [-0.25, -0.2) is 5.26 Å². The Hall–Kier alpha value is -6.59. The molecule has 0 bridgehead atoms. The Bertz CT molecular complexity index is 2980. The van der Waals surface area contributed by atoms with Gasteiger partial charge in [0.1, 0.15) is 56.1 Å². The van der Waals surface area contributed by atoms with Crippen LogP contribution in [0, 0.1) is 6.92 Å². The number of azo groups is 3. The highest BCUT2D eigenvalue weighted by atomic mass is 32.2. The number of hydrogen-bond acceptors (Lipinski definition) is 21. The van der Waals surface area contributed by atoms with Crippen LogP contribution in [0.2, 0.25) is 0 Å². The molecule has 8 N–H and O–H groups in total. The van der Waals surface area contributed by atoms with Gasteiger partial charge >= 0.3 is 0 Å². The smallest absolute Gasteiger partial charge is 0.296 e. The van der Waals surface area contributed by atoms with Crippen LogP contribution in [0.5, 0.6) is 28.9 Å². The summed E-state index contributed by atoms with van der Waals surface area (Å²) in [4.78, 5) is 23.0. The number of primary amides is 1. The summed E-state index contributed by atoms with van der Waals surface area (Å²) in [6, 6.07) is 8.67. The second-order valence-corrected chi connectivity index (χ2v) is 15.8. The molecule has 0 saturated heterocycles. The molecule has 5 rings (SSSR count). The number of nitrogens with two attached hydrogens (primary N) is 1. The van der Waals surface area contributed by atoms with Gasteiger partial charge in [-0.1, -0.05) is 5.04 Å². The van der Waals surface area contributed by atoms with Crippen LogP contribution in [0.3, 0.4) is 0 Å². The van der Waals surface area contributed by atoms with E-state index in [9.17, 15) is 50.8 Å². The van der Waals surface area contributed by atoms with Crippen molar-refractivity contribution in [3.8, 4) is 28.9 Å². The normalized spacial score (nSPS) is 12.3. The molecule has 0 aliphatic heterocycles. The zero-order chi connectivity index (χ0) is 45.7. The number of amides is 1. The van der Waals surface area contributed by atoms with Crippen molar-refractivity contribution in [2.75, 3.05) is 13.2 Å². The first-order valence-electron chi connectivity index (χ1n) is 17.5. The molecule has 0 aliphatic rings. The molecule has 24 nitrogen and oxygen atoms in total. The van der Waals surface area contributed by atoms with E-state index in [1.807, 2.05) is 0 Å². The lowest BCUT2D eigenvalue weighted by Crippen LogP contribution is -2.30. The van der Waals surface area contributed by atoms with Crippen molar-refractivity contribution in [2.45, 2.75) is 48.9 Å². The maximum absolute atomic E-state index is 12.6. The Balaban J connectivity index is 1.58. The fourth-order valence-corrected chi connectivity index (χ4v) is 7.39. The number of rotatable bonds is 17. The van der Waals surface area contributed by atoms with Crippen LogP contribution < -0.4 is 20.8 Å². The number of benzene rings is 4. The first kappa shape index (κ1) is 46.5. The Morgan fingerprint density at radius 3 is 1.94 bits per heavy atom. The summed E-state index contributed by atoms with van der Waals surface area (Å²) >= 11 is 0.301. The van der Waals surface area contributed by atoms with Gasteiger partial charge in [0.05, 0.1) is 46.1 Å². The highest BCUT2D eigenvalue weighted by Gasteiger charge is 2.24. The average molecular weight is 919 g/mol. The summed E-state index contributed by atoms with van der Waals surface area (Å²) in [7, 11) is -9.80. The first-order chi connectivity index (χ1) is 29.2. The molecule has 1 heterocycles. The van der Waals surface area contributed by atoms with E-state index in [0.29, 0.717) is 18.1 Å². The van der Waals surface area contributed by atoms with Crippen LogP contribution >= 0.6 is 12.0 Å². The van der Waals surface area contributed by atoms with E-state index in [0.717, 1.165) is 22.8 Å². The SMILES string of the molecule is CCOc1cc(/N=N/c2c(SOOO)cc3cc(S(=O)(=O)O)cc(O)c3c2O)c(OCC)cc1/N=N/c1ccc(/N=N/c2c(C)c(C(N)=O)c(=O)n(CC)c2O)cc1S(=O)(=O)O. The number of hydrogen-bond donors (Lipinski definition) is 7. The van der Waals surface area contributed by atoms with E-state index in [-0.39, 0.29) is 86.6 Å². The van der Waals surface area contributed by atoms with Crippen LogP contribution in [0.15, 0.2) is 98.7 Å². The Kier molecular flexibility index (Phi) is 14.2. The van der Waals surface area contributed by atoms with Gasteiger partial charge in [-0.05, 0) is 63.4 Å². The van der Waals surface area contributed by atoms with Crippen molar-refractivity contribution in [3.05, 3.63) is 70.0 Å². The molecule has 27 heteroatoms. The van der Waals surface area contributed by atoms with E-state index in [1.54, 1.807) is 13.8 Å². The van der Waals surface area contributed by atoms with Crippen molar-refractivity contribution < 1.29 is 70.2 Å². The molecule has 0 fully saturated rings. The van der Waals surface area contributed by atoms with E-state index < -0.39 is 64.4 Å². The lowest BCUT2D eigenvalue weighted by Gasteiger charge is -2.13. The standard InChI is InChI=1S/C35H34N8O16S3/c1-5-43-34(47)28(33(36)46)16(4)30(35(43)48)41-37-18-8-9-20(27(12-18)62(53,54)55)38-39-21-14-25(57-7-3)22(15-24(21)56-6-2)40-42-31-26(60-59-58-49)11-17-10-19(61(50,51)52)13-23(44)29(17)32(31)45/h8-15,44-45,48-49H,5-7H2,1-4H3,(H2,36,46)(H,50,51,52)(H,53,54,55)/b39-38+,41-37+,42-40+. The fraction of sp³-hybridized carbons (Fsp3) is 0.200. The molecule has 0 radical (unpaired) electrons. The summed E-state index contributed by atoms with van der Waals surface area (Å²) in [5.41, 5.74) is 2.66. The van der Waals surface area contributed by atoms with Gasteiger partial charge in [-0.3, -0.25) is 23.3 Å². The van der Waals surface area contributed by atoms with Crippen LogP contribution in [0.1, 0.15) is 36.7 Å². The molecular formula is C35H34N8O16S3. The number of ether oxygens (including phenoxy) is 2. The van der Waals surface area contributed by atoms with Gasteiger partial charge in [0.2, 0.25) is 5.88 Å². The van der Waals surface area contributed by atoms with E-state index in [2.05, 4.69) is 40.1 Å². The van der Waals surface area contributed by atoms with Crippen molar-refractivity contribution >= 4 is 83.1 Å². The van der Waals surface area contributed by atoms with Gasteiger partial charge in [-0.15, -0.1) is 29.9 Å². The van der Waals surface area contributed by atoms with Crippen molar-refractivity contribution in [2.24, 2.45) is 36.4 Å². The quantitative estimate of drug-likeness (QED) is 0.0156. The zero-order valence-electron chi connectivity index (χ0n) is 32.4. The minimum atomic E-state index is -5.01. The lowest BCUT2D eigenvalue weighted by molar-refractivity contribution is -0.432. The van der Waals surface area contributed by atoms with Gasteiger partial charge < -0.3 is 30.5 Å². The zero-order valence-corrected chi connectivity index (χ0v) is 34.9. The van der Waals surface area contributed by atoms with Gasteiger partial charge in [0.25, 0.3) is 31.7 Å². The highest BCUT2D eigenvalue weighted by Crippen LogP contribution is 2.49. The summed E-state index contributed by atoms with van der Waals surface area (Å²) < 4.78 is 85.0. The van der Waals surface area contributed by atoms with E-state index in [1.165, 1.54) is 38.1 Å². The number of carbonyl (C=O) groups excluding carboxylic acids is 1. The largest absolute Gasteiger partial charge is 0.507 e. The molecule has 1 amide bonds. The minimum Gasteiger partial charge on any atom is -0.507 e. The number of fused-ring (bicyclic) bond motifs is 1. The Morgan fingerprint density at radius 2 is 1.39 bits per heavy atom. The van der Waals surface area contributed by atoms with Gasteiger partial charge in [0.15, 0.2) is 5.75 Å².